The third-order valence-corrected chi connectivity index (χ3v) is 3.82. The summed E-state index contributed by atoms with van der Waals surface area (Å²) in [6.07, 6.45) is 9.63. The van der Waals surface area contributed by atoms with Gasteiger partial charge in [-0.1, -0.05) is 32.6 Å². The molecule has 1 fully saturated rings. The summed E-state index contributed by atoms with van der Waals surface area (Å²) < 4.78 is 5.10. The molecule has 0 aromatic carbocycles. The fourth-order valence-electron chi connectivity index (χ4n) is 2.88. The Balaban J connectivity index is 2.08. The zero-order valence-corrected chi connectivity index (χ0v) is 11.1. The van der Waals surface area contributed by atoms with Crippen molar-refractivity contribution in [2.75, 3.05) is 26.8 Å². The number of rotatable bonds is 9. The van der Waals surface area contributed by atoms with Crippen LogP contribution in [-0.2, 0) is 4.74 Å². The topological polar surface area (TPSA) is 21.3 Å². The van der Waals surface area contributed by atoms with E-state index in [2.05, 4.69) is 12.2 Å². The number of hydrogen-bond donors (Lipinski definition) is 1. The molecule has 2 unspecified atom stereocenters. The van der Waals surface area contributed by atoms with Gasteiger partial charge in [0.1, 0.15) is 0 Å². The summed E-state index contributed by atoms with van der Waals surface area (Å²) in [5, 5.41) is 3.58. The molecule has 96 valence electrons. The summed E-state index contributed by atoms with van der Waals surface area (Å²) in [5.41, 5.74) is 0. The summed E-state index contributed by atoms with van der Waals surface area (Å²) in [4.78, 5) is 0. The minimum absolute atomic E-state index is 0.936. The third-order valence-electron chi connectivity index (χ3n) is 3.82. The molecule has 0 bridgehead atoms. The number of unbranched alkanes of at least 4 members (excludes halogenated alkanes) is 1. The summed E-state index contributed by atoms with van der Waals surface area (Å²) in [7, 11) is 1.80. The molecule has 2 atom stereocenters. The molecule has 1 N–H and O–H groups in total. The van der Waals surface area contributed by atoms with Gasteiger partial charge in [-0.15, -0.1) is 0 Å². The van der Waals surface area contributed by atoms with Gasteiger partial charge in [0, 0.05) is 13.7 Å². The van der Waals surface area contributed by atoms with Crippen molar-refractivity contribution in [3.8, 4) is 0 Å². The fraction of sp³-hybridized carbons (Fsp3) is 1.00. The van der Waals surface area contributed by atoms with Crippen molar-refractivity contribution in [2.24, 2.45) is 11.8 Å². The third kappa shape index (κ3) is 5.31. The highest BCUT2D eigenvalue weighted by Gasteiger charge is 2.25. The first-order chi connectivity index (χ1) is 7.88. The van der Waals surface area contributed by atoms with Crippen LogP contribution < -0.4 is 5.32 Å². The van der Waals surface area contributed by atoms with Crippen molar-refractivity contribution in [3.05, 3.63) is 0 Å². The van der Waals surface area contributed by atoms with Crippen LogP contribution >= 0.6 is 0 Å². The lowest BCUT2D eigenvalue weighted by Crippen LogP contribution is -2.25. The van der Waals surface area contributed by atoms with E-state index in [4.69, 9.17) is 4.74 Å². The SMILES string of the molecule is CCCNCC1CCCC1CCCCOC. The van der Waals surface area contributed by atoms with E-state index < -0.39 is 0 Å². The molecule has 0 amide bonds. The van der Waals surface area contributed by atoms with E-state index in [-0.39, 0.29) is 0 Å². The molecule has 0 aliphatic heterocycles. The van der Waals surface area contributed by atoms with Gasteiger partial charge in [-0.25, -0.2) is 0 Å². The lowest BCUT2D eigenvalue weighted by atomic mass is 9.91. The van der Waals surface area contributed by atoms with Crippen molar-refractivity contribution >= 4 is 0 Å². The molecule has 0 heterocycles. The van der Waals surface area contributed by atoms with E-state index in [1.165, 1.54) is 58.0 Å². The minimum Gasteiger partial charge on any atom is -0.385 e. The van der Waals surface area contributed by atoms with Gasteiger partial charge in [-0.3, -0.25) is 0 Å². The van der Waals surface area contributed by atoms with Crippen LogP contribution in [0.4, 0.5) is 0 Å². The molecule has 1 aliphatic rings. The van der Waals surface area contributed by atoms with Gasteiger partial charge in [-0.05, 0) is 44.2 Å². The molecule has 2 nitrogen and oxygen atoms in total. The van der Waals surface area contributed by atoms with E-state index in [0.29, 0.717) is 0 Å². The van der Waals surface area contributed by atoms with Crippen molar-refractivity contribution < 1.29 is 4.74 Å². The Bertz CT molecular complexity index is 161. The molecular weight excluding hydrogens is 198 g/mol. The summed E-state index contributed by atoms with van der Waals surface area (Å²) in [6.45, 7) is 5.62. The average molecular weight is 227 g/mol. The van der Waals surface area contributed by atoms with Crippen LogP contribution in [0.25, 0.3) is 0 Å². The lowest BCUT2D eigenvalue weighted by Gasteiger charge is -2.19. The Labute approximate surface area is 101 Å². The molecule has 1 aliphatic carbocycles. The Morgan fingerprint density at radius 1 is 1.19 bits per heavy atom. The molecule has 0 aromatic rings. The maximum absolute atomic E-state index is 5.10. The van der Waals surface area contributed by atoms with Crippen LogP contribution in [0, 0.1) is 11.8 Å². The highest BCUT2D eigenvalue weighted by Crippen LogP contribution is 2.34. The molecule has 0 spiro atoms. The normalized spacial score (nSPS) is 25.1. The lowest BCUT2D eigenvalue weighted by molar-refractivity contribution is 0.188. The quantitative estimate of drug-likeness (QED) is 0.611. The Morgan fingerprint density at radius 3 is 2.75 bits per heavy atom. The van der Waals surface area contributed by atoms with Crippen molar-refractivity contribution in [1.82, 2.24) is 5.32 Å². The van der Waals surface area contributed by atoms with Crippen molar-refractivity contribution in [3.63, 3.8) is 0 Å². The number of hydrogen-bond acceptors (Lipinski definition) is 2. The van der Waals surface area contributed by atoms with E-state index in [9.17, 15) is 0 Å². The van der Waals surface area contributed by atoms with Crippen molar-refractivity contribution in [1.29, 1.82) is 0 Å². The maximum atomic E-state index is 5.10. The van der Waals surface area contributed by atoms with E-state index in [1.54, 1.807) is 7.11 Å². The largest absolute Gasteiger partial charge is 0.385 e. The highest BCUT2D eigenvalue weighted by molar-refractivity contribution is 4.79. The van der Waals surface area contributed by atoms with Crippen LogP contribution in [0.1, 0.15) is 51.9 Å². The van der Waals surface area contributed by atoms with Gasteiger partial charge in [0.15, 0.2) is 0 Å². The first-order valence-corrected chi connectivity index (χ1v) is 7.08. The van der Waals surface area contributed by atoms with Gasteiger partial charge in [0.2, 0.25) is 0 Å². The monoisotopic (exact) mass is 227 g/mol. The van der Waals surface area contributed by atoms with Crippen LogP contribution in [0.5, 0.6) is 0 Å². The summed E-state index contributed by atoms with van der Waals surface area (Å²) >= 11 is 0. The van der Waals surface area contributed by atoms with Crippen molar-refractivity contribution in [2.45, 2.75) is 51.9 Å². The minimum atomic E-state index is 0.936. The Hall–Kier alpha value is -0.0800. The Kier molecular flexibility index (Phi) is 7.87. The van der Waals surface area contributed by atoms with Crippen LogP contribution in [0.3, 0.4) is 0 Å². The summed E-state index contributed by atoms with van der Waals surface area (Å²) in [6, 6.07) is 0. The number of nitrogens with one attached hydrogen (secondary N) is 1. The second-order valence-electron chi connectivity index (χ2n) is 5.14. The average Bonchev–Trinajstić information content (AvgIpc) is 2.73. The molecule has 0 radical (unpaired) electrons. The predicted octanol–water partition coefficient (Wildman–Crippen LogP) is 3.22. The van der Waals surface area contributed by atoms with Gasteiger partial charge < -0.3 is 10.1 Å². The zero-order valence-electron chi connectivity index (χ0n) is 11.1. The molecule has 1 rings (SSSR count). The fourth-order valence-corrected chi connectivity index (χ4v) is 2.88. The van der Waals surface area contributed by atoms with Gasteiger partial charge in [-0.2, -0.15) is 0 Å². The zero-order chi connectivity index (χ0) is 11.6. The molecule has 1 saturated carbocycles. The molecule has 2 heteroatoms. The summed E-state index contributed by atoms with van der Waals surface area (Å²) in [5.74, 6) is 1.94. The van der Waals surface area contributed by atoms with Crippen LogP contribution in [0.15, 0.2) is 0 Å². The molecule has 0 saturated heterocycles. The first-order valence-electron chi connectivity index (χ1n) is 7.08. The van der Waals surface area contributed by atoms with E-state index >= 15 is 0 Å². The van der Waals surface area contributed by atoms with Gasteiger partial charge in [0.25, 0.3) is 0 Å². The first kappa shape index (κ1) is 14.0. The highest BCUT2D eigenvalue weighted by atomic mass is 16.5. The van der Waals surface area contributed by atoms with Crippen LogP contribution in [0.2, 0.25) is 0 Å². The predicted molar refractivity (Wildman–Crippen MR) is 69.7 cm³/mol. The second-order valence-corrected chi connectivity index (χ2v) is 5.14. The standard InChI is InChI=1S/C14H29NO/c1-3-10-15-12-14-9-6-8-13(14)7-4-5-11-16-2/h13-15H,3-12H2,1-2H3. The van der Waals surface area contributed by atoms with Crippen LogP contribution in [-0.4, -0.2) is 26.8 Å². The van der Waals surface area contributed by atoms with Gasteiger partial charge >= 0.3 is 0 Å². The maximum Gasteiger partial charge on any atom is 0.0462 e. The molecular formula is C14H29NO. The molecule has 16 heavy (non-hydrogen) atoms. The van der Waals surface area contributed by atoms with E-state index in [0.717, 1.165) is 18.4 Å². The van der Waals surface area contributed by atoms with E-state index in [1.807, 2.05) is 0 Å². The smallest absolute Gasteiger partial charge is 0.0462 e. The van der Waals surface area contributed by atoms with Gasteiger partial charge in [0.05, 0.1) is 0 Å². The molecule has 0 aromatic heterocycles. The Morgan fingerprint density at radius 2 is 2.00 bits per heavy atom. The number of methoxy groups -OCH3 is 1. The second kappa shape index (κ2) is 9.00. The number of ether oxygens (including phenoxy) is 1.